The van der Waals surface area contributed by atoms with Crippen molar-refractivity contribution in [2.45, 2.75) is 46.7 Å². The zero-order valence-corrected chi connectivity index (χ0v) is 12.9. The minimum absolute atomic E-state index is 0.308. The van der Waals surface area contributed by atoms with Crippen molar-refractivity contribution in [2.75, 3.05) is 26.2 Å². The molecule has 0 radical (unpaired) electrons. The van der Waals surface area contributed by atoms with E-state index in [9.17, 15) is 4.79 Å². The molecular formula is C15H26N4O. The molecular weight excluding hydrogens is 252 g/mol. The maximum absolute atomic E-state index is 11.9. The third kappa shape index (κ3) is 3.60. The molecule has 1 aromatic rings. The Hall–Kier alpha value is -1.36. The number of carbonyl (C=O) groups is 1. The van der Waals surface area contributed by atoms with Gasteiger partial charge in [0.1, 0.15) is 0 Å². The van der Waals surface area contributed by atoms with E-state index in [4.69, 9.17) is 0 Å². The van der Waals surface area contributed by atoms with Crippen LogP contribution in [0.2, 0.25) is 0 Å². The van der Waals surface area contributed by atoms with Crippen LogP contribution in [0.5, 0.6) is 0 Å². The summed E-state index contributed by atoms with van der Waals surface area (Å²) < 4.78 is 1.99. The molecule has 0 N–H and O–H groups in total. The van der Waals surface area contributed by atoms with Crippen molar-refractivity contribution in [3.8, 4) is 0 Å². The molecule has 1 fully saturated rings. The summed E-state index contributed by atoms with van der Waals surface area (Å²) in [5.41, 5.74) is 2.43. The molecule has 0 aromatic carbocycles. The van der Waals surface area contributed by atoms with Crippen LogP contribution in [0.3, 0.4) is 0 Å². The van der Waals surface area contributed by atoms with Gasteiger partial charge in [0.05, 0.1) is 5.69 Å². The van der Waals surface area contributed by atoms with Gasteiger partial charge in [0, 0.05) is 57.4 Å². The largest absolute Gasteiger partial charge is 0.340 e. The van der Waals surface area contributed by atoms with Gasteiger partial charge in [-0.05, 0) is 20.3 Å². The number of rotatable bonds is 5. The van der Waals surface area contributed by atoms with E-state index in [2.05, 4.69) is 37.0 Å². The molecule has 5 heteroatoms. The lowest BCUT2D eigenvalue weighted by Gasteiger charge is -2.34. The van der Waals surface area contributed by atoms with E-state index in [0.717, 1.165) is 51.4 Å². The Morgan fingerprint density at radius 1 is 1.25 bits per heavy atom. The van der Waals surface area contributed by atoms with Crippen LogP contribution < -0.4 is 0 Å². The Kier molecular flexibility index (Phi) is 5.17. The fourth-order valence-corrected chi connectivity index (χ4v) is 2.64. The highest BCUT2D eigenvalue weighted by molar-refractivity contribution is 5.76. The lowest BCUT2D eigenvalue weighted by atomic mass is 10.2. The molecule has 0 atom stereocenters. The van der Waals surface area contributed by atoms with E-state index in [1.165, 1.54) is 5.56 Å². The predicted molar refractivity (Wildman–Crippen MR) is 79.4 cm³/mol. The number of hydrogen-bond acceptors (Lipinski definition) is 3. The number of carbonyl (C=O) groups excluding carboxylic acids is 1. The number of piperazine rings is 1. The molecule has 0 saturated carbocycles. The minimum Gasteiger partial charge on any atom is -0.340 e. The Labute approximate surface area is 121 Å². The Bertz CT molecular complexity index is 447. The lowest BCUT2D eigenvalue weighted by molar-refractivity contribution is -0.133. The van der Waals surface area contributed by atoms with E-state index < -0.39 is 0 Å². The second kappa shape index (κ2) is 6.88. The molecule has 1 amide bonds. The van der Waals surface area contributed by atoms with E-state index in [0.29, 0.717) is 12.3 Å². The van der Waals surface area contributed by atoms with Crippen LogP contribution in [0.1, 0.15) is 37.9 Å². The third-order valence-electron chi connectivity index (χ3n) is 3.95. The number of aromatic nitrogens is 2. The van der Waals surface area contributed by atoms with Gasteiger partial charge in [0.15, 0.2) is 0 Å². The van der Waals surface area contributed by atoms with Crippen LogP contribution in [0.25, 0.3) is 0 Å². The second-order valence-corrected chi connectivity index (χ2v) is 5.50. The molecule has 1 aromatic heterocycles. The molecule has 1 aliphatic heterocycles. The summed E-state index contributed by atoms with van der Waals surface area (Å²) >= 11 is 0. The minimum atomic E-state index is 0.308. The van der Waals surface area contributed by atoms with Gasteiger partial charge in [-0.2, -0.15) is 5.10 Å². The van der Waals surface area contributed by atoms with Gasteiger partial charge in [-0.15, -0.1) is 0 Å². The van der Waals surface area contributed by atoms with E-state index >= 15 is 0 Å². The predicted octanol–water partition coefficient (Wildman–Crippen LogP) is 1.66. The summed E-state index contributed by atoms with van der Waals surface area (Å²) in [5, 5.41) is 4.49. The normalized spacial score (nSPS) is 16.6. The molecule has 1 aliphatic rings. The molecule has 5 nitrogen and oxygen atoms in total. The second-order valence-electron chi connectivity index (χ2n) is 5.50. The van der Waals surface area contributed by atoms with Crippen molar-refractivity contribution in [1.29, 1.82) is 0 Å². The van der Waals surface area contributed by atoms with E-state index in [1.54, 1.807) is 0 Å². The maximum Gasteiger partial charge on any atom is 0.222 e. The van der Waals surface area contributed by atoms with Crippen molar-refractivity contribution in [3.05, 3.63) is 17.5 Å². The topological polar surface area (TPSA) is 41.4 Å². The van der Waals surface area contributed by atoms with Crippen molar-refractivity contribution in [2.24, 2.45) is 0 Å². The molecule has 2 heterocycles. The molecule has 112 valence electrons. The highest BCUT2D eigenvalue weighted by atomic mass is 16.2. The van der Waals surface area contributed by atoms with E-state index in [1.807, 2.05) is 9.58 Å². The number of aryl methyl sites for hydroxylation is 2. The molecule has 0 spiro atoms. The highest BCUT2D eigenvalue weighted by Crippen LogP contribution is 2.12. The van der Waals surface area contributed by atoms with Crippen LogP contribution in [0.15, 0.2) is 6.20 Å². The van der Waals surface area contributed by atoms with Gasteiger partial charge in [-0.1, -0.05) is 6.92 Å². The van der Waals surface area contributed by atoms with Crippen LogP contribution in [-0.2, 0) is 17.9 Å². The highest BCUT2D eigenvalue weighted by Gasteiger charge is 2.21. The SMILES string of the molecule is CCCC(=O)N1CCN(Cc2cn(CC)nc2C)CC1. The number of hydrogen-bond donors (Lipinski definition) is 0. The average Bonchev–Trinajstić information content (AvgIpc) is 2.80. The zero-order valence-electron chi connectivity index (χ0n) is 12.9. The van der Waals surface area contributed by atoms with E-state index in [-0.39, 0.29) is 0 Å². The van der Waals surface area contributed by atoms with Gasteiger partial charge in [-0.25, -0.2) is 0 Å². The van der Waals surface area contributed by atoms with Gasteiger partial charge >= 0.3 is 0 Å². The number of amides is 1. The van der Waals surface area contributed by atoms with Gasteiger partial charge < -0.3 is 4.90 Å². The van der Waals surface area contributed by atoms with Crippen molar-refractivity contribution in [3.63, 3.8) is 0 Å². The molecule has 0 aliphatic carbocycles. The first-order valence-electron chi connectivity index (χ1n) is 7.67. The summed E-state index contributed by atoms with van der Waals surface area (Å²) in [5.74, 6) is 0.308. The molecule has 0 unspecified atom stereocenters. The molecule has 0 bridgehead atoms. The Morgan fingerprint density at radius 2 is 1.95 bits per heavy atom. The first-order chi connectivity index (χ1) is 9.63. The molecule has 1 saturated heterocycles. The molecule has 20 heavy (non-hydrogen) atoms. The first kappa shape index (κ1) is 15.0. The van der Waals surface area contributed by atoms with Crippen LogP contribution >= 0.6 is 0 Å². The van der Waals surface area contributed by atoms with Crippen LogP contribution in [0.4, 0.5) is 0 Å². The summed E-state index contributed by atoms with van der Waals surface area (Å²) in [6, 6.07) is 0. The fraction of sp³-hybridized carbons (Fsp3) is 0.733. The molecule has 2 rings (SSSR count). The quantitative estimate of drug-likeness (QED) is 0.822. The van der Waals surface area contributed by atoms with Gasteiger partial charge in [0.25, 0.3) is 0 Å². The first-order valence-corrected chi connectivity index (χ1v) is 7.67. The van der Waals surface area contributed by atoms with Crippen molar-refractivity contribution >= 4 is 5.91 Å². The third-order valence-corrected chi connectivity index (χ3v) is 3.95. The maximum atomic E-state index is 11.9. The van der Waals surface area contributed by atoms with Gasteiger partial charge in [0.2, 0.25) is 5.91 Å². The number of nitrogens with zero attached hydrogens (tertiary/aromatic N) is 4. The summed E-state index contributed by atoms with van der Waals surface area (Å²) in [6.07, 6.45) is 3.76. The average molecular weight is 278 g/mol. The summed E-state index contributed by atoms with van der Waals surface area (Å²) in [4.78, 5) is 16.3. The van der Waals surface area contributed by atoms with Crippen molar-refractivity contribution in [1.82, 2.24) is 19.6 Å². The lowest BCUT2D eigenvalue weighted by Crippen LogP contribution is -2.48. The summed E-state index contributed by atoms with van der Waals surface area (Å²) in [7, 11) is 0. The fourth-order valence-electron chi connectivity index (χ4n) is 2.64. The van der Waals surface area contributed by atoms with Crippen molar-refractivity contribution < 1.29 is 4.79 Å². The van der Waals surface area contributed by atoms with Crippen LogP contribution in [0, 0.1) is 6.92 Å². The van der Waals surface area contributed by atoms with Gasteiger partial charge in [-0.3, -0.25) is 14.4 Å². The van der Waals surface area contributed by atoms with Crippen LogP contribution in [-0.4, -0.2) is 51.7 Å². The zero-order chi connectivity index (χ0) is 14.5. The summed E-state index contributed by atoms with van der Waals surface area (Å²) in [6.45, 7) is 11.7. The smallest absolute Gasteiger partial charge is 0.222 e. The standard InChI is InChI=1S/C15H26N4O/c1-4-6-15(20)18-9-7-17(8-10-18)11-14-12-19(5-2)16-13(14)3/h12H,4-11H2,1-3H3. The Balaban J connectivity index is 1.85. The Morgan fingerprint density at radius 3 is 2.50 bits per heavy atom. The monoisotopic (exact) mass is 278 g/mol.